The molecule has 0 radical (unpaired) electrons. The van der Waals surface area contributed by atoms with Crippen LogP contribution >= 0.6 is 0 Å². The second kappa shape index (κ2) is 7.37. The molecule has 2 N–H and O–H groups in total. The van der Waals surface area contributed by atoms with Crippen LogP contribution in [0.3, 0.4) is 0 Å². The number of halogens is 3. The first kappa shape index (κ1) is 17.1. The summed E-state index contributed by atoms with van der Waals surface area (Å²) in [7, 11) is 3.10. The molecule has 23 heavy (non-hydrogen) atoms. The first-order valence-electron chi connectivity index (χ1n) is 7.13. The monoisotopic (exact) mass is 326 g/mol. The molecule has 0 aliphatic rings. The maximum atomic E-state index is 12.9. The van der Waals surface area contributed by atoms with E-state index in [4.69, 9.17) is 9.47 Å². The van der Waals surface area contributed by atoms with E-state index in [0.29, 0.717) is 18.0 Å². The number of ether oxygens (including phenoxy) is 2. The Hall–Kier alpha value is -2.21. The Morgan fingerprint density at radius 1 is 0.913 bits per heavy atom. The van der Waals surface area contributed by atoms with E-state index in [1.165, 1.54) is 12.1 Å². The van der Waals surface area contributed by atoms with E-state index in [2.05, 4.69) is 0 Å². The fraction of sp³-hybridized carbons (Fsp3) is 0.294. The van der Waals surface area contributed by atoms with Crippen molar-refractivity contribution in [2.24, 2.45) is 0 Å². The lowest BCUT2D eigenvalue weighted by molar-refractivity contribution is -0.686. The minimum absolute atomic E-state index is 0.254. The molecule has 0 aliphatic heterocycles. The quantitative estimate of drug-likeness (QED) is 0.886. The van der Waals surface area contributed by atoms with Gasteiger partial charge in [-0.15, -0.1) is 0 Å². The van der Waals surface area contributed by atoms with Gasteiger partial charge in [0.1, 0.15) is 13.1 Å². The molecule has 0 fully saturated rings. The Balaban J connectivity index is 2.03. The van der Waals surface area contributed by atoms with Crippen molar-refractivity contribution in [1.29, 1.82) is 0 Å². The molecule has 0 atom stereocenters. The second-order valence-electron chi connectivity index (χ2n) is 5.04. The van der Waals surface area contributed by atoms with Gasteiger partial charge in [0, 0.05) is 11.1 Å². The van der Waals surface area contributed by atoms with E-state index >= 15 is 0 Å². The lowest BCUT2D eigenvalue weighted by Crippen LogP contribution is -2.80. The highest BCUT2D eigenvalue weighted by atomic mass is 19.4. The number of hydrogen-bond acceptors (Lipinski definition) is 2. The highest BCUT2D eigenvalue weighted by molar-refractivity contribution is 5.42. The number of rotatable bonds is 6. The number of alkyl halides is 3. The Morgan fingerprint density at radius 3 is 2.26 bits per heavy atom. The standard InChI is InChI=1S/C17H18F3NO2/c1-22-15-8-7-12(9-16(15)23-2)10-21-11-13-5-3-4-6-14(13)17(18,19)20/h3-9,21H,10-11H2,1-2H3/p+1. The highest BCUT2D eigenvalue weighted by Crippen LogP contribution is 2.31. The molecule has 0 aliphatic carbocycles. The average Bonchev–Trinajstić information content (AvgIpc) is 2.54. The van der Waals surface area contributed by atoms with Crippen LogP contribution in [0.1, 0.15) is 16.7 Å². The van der Waals surface area contributed by atoms with Crippen LogP contribution in [0.5, 0.6) is 11.5 Å². The van der Waals surface area contributed by atoms with Crippen LogP contribution in [0.2, 0.25) is 0 Å². The van der Waals surface area contributed by atoms with E-state index < -0.39 is 11.7 Å². The van der Waals surface area contributed by atoms with Crippen molar-refractivity contribution in [3.63, 3.8) is 0 Å². The van der Waals surface area contributed by atoms with Gasteiger partial charge in [-0.2, -0.15) is 13.2 Å². The zero-order valence-corrected chi connectivity index (χ0v) is 13.0. The van der Waals surface area contributed by atoms with Gasteiger partial charge < -0.3 is 14.8 Å². The maximum Gasteiger partial charge on any atom is 0.416 e. The Labute approximate surface area is 133 Å². The molecule has 0 saturated heterocycles. The van der Waals surface area contributed by atoms with Crippen LogP contribution in [0.25, 0.3) is 0 Å². The second-order valence-corrected chi connectivity index (χ2v) is 5.04. The van der Waals surface area contributed by atoms with Gasteiger partial charge in [0.25, 0.3) is 0 Å². The number of nitrogens with two attached hydrogens (primary N) is 1. The van der Waals surface area contributed by atoms with Gasteiger partial charge in [0.05, 0.1) is 19.8 Å². The zero-order valence-electron chi connectivity index (χ0n) is 13.0. The number of quaternary nitrogens is 1. The summed E-state index contributed by atoms with van der Waals surface area (Å²) < 4.78 is 49.2. The minimum atomic E-state index is -4.33. The van der Waals surface area contributed by atoms with Crippen LogP contribution in [0, 0.1) is 0 Å². The summed E-state index contributed by atoms with van der Waals surface area (Å²) in [6.07, 6.45) is -4.33. The molecule has 2 rings (SSSR count). The molecule has 3 nitrogen and oxygen atoms in total. The fourth-order valence-corrected chi connectivity index (χ4v) is 2.38. The lowest BCUT2D eigenvalue weighted by atomic mass is 10.1. The van der Waals surface area contributed by atoms with E-state index in [9.17, 15) is 13.2 Å². The summed E-state index contributed by atoms with van der Waals surface area (Å²) in [4.78, 5) is 0. The first-order valence-corrected chi connectivity index (χ1v) is 7.13. The highest BCUT2D eigenvalue weighted by Gasteiger charge is 2.33. The molecule has 2 aromatic rings. The molecule has 0 spiro atoms. The largest absolute Gasteiger partial charge is 0.493 e. The van der Waals surface area contributed by atoms with Crippen LogP contribution < -0.4 is 14.8 Å². The fourth-order valence-electron chi connectivity index (χ4n) is 2.38. The number of benzene rings is 2. The number of hydrogen-bond donors (Lipinski definition) is 1. The maximum absolute atomic E-state index is 12.9. The Bertz CT molecular complexity index is 657. The number of methoxy groups -OCH3 is 2. The van der Waals surface area contributed by atoms with Gasteiger partial charge in [0.15, 0.2) is 11.5 Å². The molecule has 124 valence electrons. The van der Waals surface area contributed by atoms with Crippen LogP contribution in [-0.4, -0.2) is 14.2 Å². The van der Waals surface area contributed by atoms with E-state index in [1.54, 1.807) is 26.4 Å². The van der Waals surface area contributed by atoms with Crippen LogP contribution in [0.4, 0.5) is 13.2 Å². The topological polar surface area (TPSA) is 35.1 Å². The third-order valence-corrected chi connectivity index (χ3v) is 3.52. The predicted molar refractivity (Wildman–Crippen MR) is 80.3 cm³/mol. The van der Waals surface area contributed by atoms with Crippen molar-refractivity contribution in [3.05, 3.63) is 59.2 Å². The first-order chi connectivity index (χ1) is 11.0. The molecule has 0 amide bonds. The summed E-state index contributed by atoms with van der Waals surface area (Å²) >= 11 is 0. The van der Waals surface area contributed by atoms with Crippen molar-refractivity contribution < 1.29 is 28.0 Å². The summed E-state index contributed by atoms with van der Waals surface area (Å²) in [5.74, 6) is 1.23. The normalized spacial score (nSPS) is 11.3. The molecule has 0 bridgehead atoms. The predicted octanol–water partition coefficient (Wildman–Crippen LogP) is 2.99. The Morgan fingerprint density at radius 2 is 1.61 bits per heavy atom. The van der Waals surface area contributed by atoms with Crippen LogP contribution in [0.15, 0.2) is 42.5 Å². The molecule has 0 heterocycles. The van der Waals surface area contributed by atoms with E-state index in [0.717, 1.165) is 11.6 Å². The van der Waals surface area contributed by atoms with Crippen molar-refractivity contribution in [2.75, 3.05) is 14.2 Å². The van der Waals surface area contributed by atoms with Crippen molar-refractivity contribution in [1.82, 2.24) is 0 Å². The molecule has 2 aromatic carbocycles. The average molecular weight is 326 g/mol. The van der Waals surface area contributed by atoms with E-state index in [-0.39, 0.29) is 12.1 Å². The van der Waals surface area contributed by atoms with Gasteiger partial charge in [-0.1, -0.05) is 18.2 Å². The van der Waals surface area contributed by atoms with Crippen molar-refractivity contribution in [3.8, 4) is 11.5 Å². The van der Waals surface area contributed by atoms with Gasteiger partial charge in [0.2, 0.25) is 0 Å². The summed E-state index contributed by atoms with van der Waals surface area (Å²) in [6.45, 7) is 0.802. The summed E-state index contributed by atoms with van der Waals surface area (Å²) in [5.41, 5.74) is 0.649. The van der Waals surface area contributed by atoms with Gasteiger partial charge in [-0.25, -0.2) is 0 Å². The van der Waals surface area contributed by atoms with E-state index in [1.807, 2.05) is 17.4 Å². The van der Waals surface area contributed by atoms with Crippen molar-refractivity contribution >= 4 is 0 Å². The van der Waals surface area contributed by atoms with Crippen molar-refractivity contribution in [2.45, 2.75) is 19.3 Å². The smallest absolute Gasteiger partial charge is 0.416 e. The molecule has 0 aromatic heterocycles. The zero-order chi connectivity index (χ0) is 16.9. The third kappa shape index (κ3) is 4.39. The SMILES string of the molecule is COc1ccc(C[NH2+]Cc2ccccc2C(F)(F)F)cc1OC. The molecule has 0 unspecified atom stereocenters. The summed E-state index contributed by atoms with van der Waals surface area (Å²) in [5, 5.41) is 1.83. The Kier molecular flexibility index (Phi) is 5.50. The van der Waals surface area contributed by atoms with Gasteiger partial charge in [-0.05, 0) is 24.3 Å². The minimum Gasteiger partial charge on any atom is -0.493 e. The van der Waals surface area contributed by atoms with Gasteiger partial charge >= 0.3 is 6.18 Å². The van der Waals surface area contributed by atoms with Crippen LogP contribution in [-0.2, 0) is 19.3 Å². The summed E-state index contributed by atoms with van der Waals surface area (Å²) in [6, 6.07) is 11.1. The molecule has 6 heteroatoms. The van der Waals surface area contributed by atoms with Gasteiger partial charge in [-0.3, -0.25) is 0 Å². The molecular weight excluding hydrogens is 307 g/mol. The molecular formula is C17H19F3NO2+. The third-order valence-electron chi connectivity index (χ3n) is 3.52. The molecule has 0 saturated carbocycles. The lowest BCUT2D eigenvalue weighted by Gasteiger charge is -2.12.